The summed E-state index contributed by atoms with van der Waals surface area (Å²) in [6.07, 6.45) is 0.970. The number of hydrogen-bond acceptors (Lipinski definition) is 3. The summed E-state index contributed by atoms with van der Waals surface area (Å²) in [5.74, 6) is -0.217. The minimum absolute atomic E-state index is 0.0129. The van der Waals surface area contributed by atoms with E-state index < -0.39 is 5.63 Å². The van der Waals surface area contributed by atoms with Crippen molar-refractivity contribution in [3.63, 3.8) is 0 Å². The molecular weight excluding hydrogens is 276 g/mol. The Kier molecular flexibility index (Phi) is 3.72. The summed E-state index contributed by atoms with van der Waals surface area (Å²) in [5, 5.41) is 11.1. The van der Waals surface area contributed by atoms with Crippen LogP contribution in [0.15, 0.2) is 57.7 Å². The molecule has 0 radical (unpaired) electrons. The van der Waals surface area contributed by atoms with Crippen LogP contribution in [0.3, 0.4) is 0 Å². The molecule has 3 aromatic rings. The van der Waals surface area contributed by atoms with Gasteiger partial charge in [-0.25, -0.2) is 4.79 Å². The Labute approximate surface area is 128 Å². The molecule has 2 aromatic carbocycles. The van der Waals surface area contributed by atoms with E-state index in [9.17, 15) is 9.90 Å². The fourth-order valence-electron chi connectivity index (χ4n) is 2.74. The molecule has 3 nitrogen and oxygen atoms in total. The third-order valence-corrected chi connectivity index (χ3v) is 4.14. The largest absolute Gasteiger partial charge is 0.507 e. The molecule has 1 aromatic heterocycles. The van der Waals surface area contributed by atoms with E-state index in [-0.39, 0.29) is 11.7 Å². The number of aromatic hydroxyl groups is 1. The summed E-state index contributed by atoms with van der Waals surface area (Å²) < 4.78 is 5.35. The van der Waals surface area contributed by atoms with Crippen LogP contribution in [-0.4, -0.2) is 5.11 Å². The molecule has 0 aliphatic heterocycles. The minimum Gasteiger partial charge on any atom is -0.507 e. The number of fused-ring (bicyclic) bond motifs is 1. The smallest absolute Gasteiger partial charge is 0.343 e. The molecule has 112 valence electrons. The lowest BCUT2D eigenvalue weighted by Gasteiger charge is -2.14. The van der Waals surface area contributed by atoms with Gasteiger partial charge >= 0.3 is 5.63 Å². The van der Waals surface area contributed by atoms with Gasteiger partial charge in [-0.05, 0) is 29.7 Å². The first-order chi connectivity index (χ1) is 10.6. The van der Waals surface area contributed by atoms with Crippen molar-refractivity contribution < 1.29 is 9.52 Å². The fourth-order valence-corrected chi connectivity index (χ4v) is 2.74. The van der Waals surface area contributed by atoms with Gasteiger partial charge in [0.1, 0.15) is 11.3 Å². The molecule has 3 rings (SSSR count). The van der Waals surface area contributed by atoms with E-state index in [0.717, 1.165) is 12.0 Å². The van der Waals surface area contributed by atoms with E-state index in [1.54, 1.807) is 18.2 Å². The van der Waals surface area contributed by atoms with Gasteiger partial charge in [0, 0.05) is 5.92 Å². The molecular formula is C19H18O3. The molecule has 0 spiro atoms. The predicted octanol–water partition coefficient (Wildman–Crippen LogP) is 4.21. The van der Waals surface area contributed by atoms with Gasteiger partial charge < -0.3 is 9.52 Å². The molecule has 3 heteroatoms. The second kappa shape index (κ2) is 5.68. The number of benzene rings is 2. The van der Waals surface area contributed by atoms with Crippen molar-refractivity contribution in [1.29, 1.82) is 0 Å². The van der Waals surface area contributed by atoms with Gasteiger partial charge in [0.05, 0.1) is 10.9 Å². The summed E-state index contributed by atoms with van der Waals surface area (Å²) in [7, 11) is 0. The van der Waals surface area contributed by atoms with Crippen molar-refractivity contribution in [2.75, 3.05) is 0 Å². The van der Waals surface area contributed by atoms with E-state index in [4.69, 9.17) is 4.42 Å². The highest BCUT2D eigenvalue weighted by atomic mass is 16.4. The molecule has 0 bridgehead atoms. The van der Waals surface area contributed by atoms with Crippen molar-refractivity contribution >= 4 is 11.0 Å². The highest BCUT2D eigenvalue weighted by Crippen LogP contribution is 2.33. The van der Waals surface area contributed by atoms with Crippen molar-refractivity contribution in [2.45, 2.75) is 26.2 Å². The molecule has 1 atom stereocenters. The van der Waals surface area contributed by atoms with E-state index in [1.807, 2.05) is 37.3 Å². The molecule has 0 amide bonds. The van der Waals surface area contributed by atoms with Crippen molar-refractivity contribution in [3.05, 3.63) is 75.6 Å². The van der Waals surface area contributed by atoms with Crippen molar-refractivity contribution in [3.8, 4) is 5.75 Å². The topological polar surface area (TPSA) is 50.4 Å². The number of hydrogen-bond donors (Lipinski definition) is 1. The van der Waals surface area contributed by atoms with Crippen LogP contribution in [0.4, 0.5) is 0 Å². The van der Waals surface area contributed by atoms with E-state index in [1.165, 1.54) is 5.56 Å². The highest BCUT2D eigenvalue weighted by molar-refractivity contribution is 5.84. The average Bonchev–Trinajstić information content (AvgIpc) is 2.55. The molecule has 1 heterocycles. The Balaban J connectivity index is 2.14. The second-order valence-corrected chi connectivity index (χ2v) is 5.46. The van der Waals surface area contributed by atoms with E-state index in [2.05, 4.69) is 6.92 Å². The van der Waals surface area contributed by atoms with Gasteiger partial charge in [0.25, 0.3) is 0 Å². The Hall–Kier alpha value is -2.55. The van der Waals surface area contributed by atoms with Crippen LogP contribution in [-0.2, 0) is 6.42 Å². The van der Waals surface area contributed by atoms with Crippen molar-refractivity contribution in [1.82, 2.24) is 0 Å². The highest BCUT2D eigenvalue weighted by Gasteiger charge is 2.20. The molecule has 0 aliphatic rings. The molecule has 0 aliphatic carbocycles. The lowest BCUT2D eigenvalue weighted by atomic mass is 9.92. The first-order valence-corrected chi connectivity index (χ1v) is 7.45. The quantitative estimate of drug-likeness (QED) is 0.736. The zero-order valence-electron chi connectivity index (χ0n) is 12.7. The van der Waals surface area contributed by atoms with Crippen LogP contribution in [0, 0.1) is 0 Å². The van der Waals surface area contributed by atoms with Crippen molar-refractivity contribution in [2.24, 2.45) is 0 Å². The van der Waals surface area contributed by atoms with Crippen LogP contribution in [0.5, 0.6) is 5.75 Å². The third-order valence-electron chi connectivity index (χ3n) is 4.14. The monoisotopic (exact) mass is 294 g/mol. The number of aryl methyl sites for hydroxylation is 1. The molecule has 0 saturated carbocycles. The van der Waals surface area contributed by atoms with E-state index in [0.29, 0.717) is 16.5 Å². The zero-order valence-corrected chi connectivity index (χ0v) is 12.7. The minimum atomic E-state index is -0.483. The first-order valence-electron chi connectivity index (χ1n) is 7.45. The first kappa shape index (κ1) is 14.4. The third kappa shape index (κ3) is 2.39. The molecule has 0 saturated heterocycles. The fraction of sp³-hybridized carbons (Fsp3) is 0.211. The van der Waals surface area contributed by atoms with Crippen LogP contribution < -0.4 is 5.63 Å². The maximum absolute atomic E-state index is 12.3. The Bertz CT molecular complexity index is 860. The van der Waals surface area contributed by atoms with Gasteiger partial charge in [0.2, 0.25) is 0 Å². The molecule has 22 heavy (non-hydrogen) atoms. The lowest BCUT2D eigenvalue weighted by molar-refractivity contribution is 0.453. The van der Waals surface area contributed by atoms with Crippen LogP contribution in [0.2, 0.25) is 0 Å². The normalized spacial score (nSPS) is 12.5. The Morgan fingerprint density at radius 1 is 1.09 bits per heavy atom. The summed E-state index contributed by atoms with van der Waals surface area (Å²) in [5.41, 5.74) is 2.45. The van der Waals surface area contributed by atoms with E-state index >= 15 is 0 Å². The van der Waals surface area contributed by atoms with Crippen LogP contribution in [0.25, 0.3) is 11.0 Å². The average molecular weight is 294 g/mol. The van der Waals surface area contributed by atoms with Gasteiger partial charge in [0.15, 0.2) is 0 Å². The maximum atomic E-state index is 12.3. The standard InChI is InChI=1S/C19H18O3/c1-3-13-8-10-14(11-9-13)12(2)17-18(20)15-6-4-5-7-16(15)22-19(17)21/h4-12,20H,3H2,1-2H3/t12-/m1/s1. The molecule has 1 N–H and O–H groups in total. The summed E-state index contributed by atoms with van der Waals surface area (Å²) >= 11 is 0. The summed E-state index contributed by atoms with van der Waals surface area (Å²) in [6, 6.07) is 15.1. The number of para-hydroxylation sites is 1. The van der Waals surface area contributed by atoms with Gasteiger partial charge in [-0.2, -0.15) is 0 Å². The summed E-state index contributed by atoms with van der Waals surface area (Å²) in [4.78, 5) is 12.3. The lowest BCUT2D eigenvalue weighted by Crippen LogP contribution is -2.12. The zero-order chi connectivity index (χ0) is 15.7. The van der Waals surface area contributed by atoms with Crippen LogP contribution >= 0.6 is 0 Å². The van der Waals surface area contributed by atoms with Gasteiger partial charge in [-0.3, -0.25) is 0 Å². The predicted molar refractivity (Wildman–Crippen MR) is 87.5 cm³/mol. The maximum Gasteiger partial charge on any atom is 0.343 e. The summed E-state index contributed by atoms with van der Waals surface area (Å²) in [6.45, 7) is 4.00. The Morgan fingerprint density at radius 2 is 1.77 bits per heavy atom. The van der Waals surface area contributed by atoms with Crippen LogP contribution in [0.1, 0.15) is 36.5 Å². The number of rotatable bonds is 3. The SMILES string of the molecule is CCc1ccc([C@@H](C)c2c(O)c3ccccc3oc2=O)cc1. The second-order valence-electron chi connectivity index (χ2n) is 5.46. The van der Waals surface area contributed by atoms with Gasteiger partial charge in [-0.1, -0.05) is 50.2 Å². The Morgan fingerprint density at radius 3 is 2.45 bits per heavy atom. The molecule has 0 fully saturated rings. The van der Waals surface area contributed by atoms with Gasteiger partial charge in [-0.15, -0.1) is 0 Å². The molecule has 0 unspecified atom stereocenters.